The molecular formula is C24H34N4O3. The van der Waals surface area contributed by atoms with Crippen LogP contribution in [0.4, 0.5) is 0 Å². The lowest BCUT2D eigenvalue weighted by Gasteiger charge is -2.33. The number of piperidine rings is 1. The molecule has 1 amide bonds. The molecule has 0 saturated carbocycles. The molecule has 1 aliphatic heterocycles. The molecule has 31 heavy (non-hydrogen) atoms. The first-order valence-electron chi connectivity index (χ1n) is 11.1. The molecule has 1 aliphatic rings. The number of ether oxygens (including phenoxy) is 1. The predicted octanol–water partition coefficient (Wildman–Crippen LogP) is 3.07. The number of hydrogen-bond acceptors (Lipinski definition) is 6. The molecule has 0 aromatic carbocycles. The van der Waals surface area contributed by atoms with Crippen molar-refractivity contribution >= 4 is 22.9 Å². The van der Waals surface area contributed by atoms with Gasteiger partial charge in [-0.2, -0.15) is 0 Å². The SMILES string of the molecule is CN(CCCc1ccc2cccnc2n1)C(=O)C1CCN(CC(=O)OC(C)(C)C)CC1. The molecule has 0 unspecified atom stereocenters. The normalized spacial score (nSPS) is 15.7. The minimum Gasteiger partial charge on any atom is -0.459 e. The van der Waals surface area contributed by atoms with Crippen LogP contribution in [-0.2, 0) is 20.7 Å². The summed E-state index contributed by atoms with van der Waals surface area (Å²) < 4.78 is 5.39. The fourth-order valence-electron chi connectivity index (χ4n) is 3.95. The Balaban J connectivity index is 1.39. The van der Waals surface area contributed by atoms with Crippen molar-refractivity contribution < 1.29 is 14.3 Å². The molecule has 0 bridgehead atoms. The average Bonchev–Trinajstić information content (AvgIpc) is 2.72. The molecule has 0 N–H and O–H groups in total. The van der Waals surface area contributed by atoms with Gasteiger partial charge in [-0.1, -0.05) is 0 Å². The Bertz CT molecular complexity index is 901. The van der Waals surface area contributed by atoms with Crippen LogP contribution < -0.4 is 0 Å². The van der Waals surface area contributed by atoms with Crippen LogP contribution in [0.15, 0.2) is 30.5 Å². The van der Waals surface area contributed by atoms with Crippen molar-refractivity contribution in [2.45, 2.75) is 52.1 Å². The van der Waals surface area contributed by atoms with Crippen molar-refractivity contribution in [3.63, 3.8) is 0 Å². The number of carbonyl (C=O) groups is 2. The van der Waals surface area contributed by atoms with E-state index in [-0.39, 0.29) is 17.8 Å². The number of amides is 1. The van der Waals surface area contributed by atoms with Gasteiger partial charge in [0, 0.05) is 36.8 Å². The molecule has 0 radical (unpaired) electrons. The number of carbonyl (C=O) groups excluding carboxylic acids is 2. The second kappa shape index (κ2) is 10.2. The third-order valence-electron chi connectivity index (χ3n) is 5.53. The standard InChI is InChI=1S/C24H34N4O3/c1-24(2,3)31-21(29)17-28-15-11-19(12-16-28)23(30)27(4)14-6-8-20-10-9-18-7-5-13-25-22(18)26-20/h5,7,9-10,13,19H,6,8,11-12,14-17H2,1-4H3. The molecule has 7 heteroatoms. The molecule has 0 atom stereocenters. The van der Waals surface area contributed by atoms with E-state index in [1.165, 1.54) is 0 Å². The number of pyridine rings is 2. The number of esters is 1. The Morgan fingerprint density at radius 3 is 2.65 bits per heavy atom. The van der Waals surface area contributed by atoms with Crippen molar-refractivity contribution in [3.05, 3.63) is 36.2 Å². The van der Waals surface area contributed by atoms with Crippen LogP contribution in [0.2, 0.25) is 0 Å². The third-order valence-corrected chi connectivity index (χ3v) is 5.53. The van der Waals surface area contributed by atoms with Gasteiger partial charge >= 0.3 is 5.97 Å². The molecule has 168 valence electrons. The van der Waals surface area contributed by atoms with Gasteiger partial charge < -0.3 is 9.64 Å². The average molecular weight is 427 g/mol. The summed E-state index contributed by atoms with van der Waals surface area (Å²) in [6.45, 7) is 8.12. The van der Waals surface area contributed by atoms with E-state index < -0.39 is 5.60 Å². The van der Waals surface area contributed by atoms with Gasteiger partial charge in [-0.25, -0.2) is 9.97 Å². The first kappa shape index (κ1) is 23.1. The summed E-state index contributed by atoms with van der Waals surface area (Å²) in [5.74, 6) is 0.0276. The summed E-state index contributed by atoms with van der Waals surface area (Å²) in [7, 11) is 1.88. The summed E-state index contributed by atoms with van der Waals surface area (Å²) in [5, 5.41) is 1.04. The highest BCUT2D eigenvalue weighted by Gasteiger charge is 2.28. The minimum atomic E-state index is -0.465. The molecule has 3 heterocycles. The van der Waals surface area contributed by atoms with Gasteiger partial charge in [-0.3, -0.25) is 14.5 Å². The second-order valence-corrected chi connectivity index (χ2v) is 9.35. The molecule has 2 aromatic rings. The molecule has 0 spiro atoms. The van der Waals surface area contributed by atoms with E-state index in [0.29, 0.717) is 13.1 Å². The smallest absolute Gasteiger partial charge is 0.320 e. The van der Waals surface area contributed by atoms with Crippen LogP contribution in [0.25, 0.3) is 11.0 Å². The maximum Gasteiger partial charge on any atom is 0.320 e. The van der Waals surface area contributed by atoms with E-state index in [0.717, 1.165) is 55.5 Å². The third kappa shape index (κ3) is 6.99. The van der Waals surface area contributed by atoms with Crippen molar-refractivity contribution in [3.8, 4) is 0 Å². The van der Waals surface area contributed by atoms with Gasteiger partial charge in [0.1, 0.15) is 5.60 Å². The number of aryl methyl sites for hydroxylation is 1. The molecule has 7 nitrogen and oxygen atoms in total. The highest BCUT2D eigenvalue weighted by atomic mass is 16.6. The van der Waals surface area contributed by atoms with Crippen LogP contribution in [0.1, 0.15) is 45.7 Å². The second-order valence-electron chi connectivity index (χ2n) is 9.35. The highest BCUT2D eigenvalue weighted by Crippen LogP contribution is 2.20. The molecule has 1 saturated heterocycles. The van der Waals surface area contributed by atoms with Crippen molar-refractivity contribution in [2.75, 3.05) is 33.2 Å². The van der Waals surface area contributed by atoms with Gasteiger partial charge in [-0.15, -0.1) is 0 Å². The Morgan fingerprint density at radius 2 is 1.94 bits per heavy atom. The van der Waals surface area contributed by atoms with E-state index in [1.54, 1.807) is 6.20 Å². The van der Waals surface area contributed by atoms with E-state index in [1.807, 2.05) is 57.0 Å². The molecule has 0 aliphatic carbocycles. The van der Waals surface area contributed by atoms with Gasteiger partial charge in [0.25, 0.3) is 0 Å². The van der Waals surface area contributed by atoms with Gasteiger partial charge in [-0.05, 0) is 83.8 Å². The zero-order chi connectivity index (χ0) is 22.4. The molecule has 1 fully saturated rings. The maximum atomic E-state index is 12.8. The van der Waals surface area contributed by atoms with Crippen molar-refractivity contribution in [1.29, 1.82) is 0 Å². The largest absolute Gasteiger partial charge is 0.459 e. The van der Waals surface area contributed by atoms with E-state index in [4.69, 9.17) is 4.74 Å². The summed E-state index contributed by atoms with van der Waals surface area (Å²) in [6, 6.07) is 7.99. The van der Waals surface area contributed by atoms with Gasteiger partial charge in [0.15, 0.2) is 5.65 Å². The fraction of sp³-hybridized carbons (Fsp3) is 0.583. The van der Waals surface area contributed by atoms with Crippen LogP contribution in [-0.4, -0.2) is 70.5 Å². The topological polar surface area (TPSA) is 75.6 Å². The number of likely N-dealkylation sites (tertiary alicyclic amines) is 1. The summed E-state index contributed by atoms with van der Waals surface area (Å²) in [4.78, 5) is 37.7. The summed E-state index contributed by atoms with van der Waals surface area (Å²) in [6.07, 6.45) is 5.00. The zero-order valence-electron chi connectivity index (χ0n) is 19.1. The lowest BCUT2D eigenvalue weighted by molar-refractivity contribution is -0.156. The van der Waals surface area contributed by atoms with Crippen LogP contribution in [0, 0.1) is 5.92 Å². The summed E-state index contributed by atoms with van der Waals surface area (Å²) >= 11 is 0. The summed E-state index contributed by atoms with van der Waals surface area (Å²) in [5.41, 5.74) is 1.30. The number of aromatic nitrogens is 2. The van der Waals surface area contributed by atoms with E-state index >= 15 is 0 Å². The Morgan fingerprint density at radius 1 is 1.19 bits per heavy atom. The van der Waals surface area contributed by atoms with Crippen LogP contribution in [0.3, 0.4) is 0 Å². The van der Waals surface area contributed by atoms with Gasteiger partial charge in [0.05, 0.1) is 6.54 Å². The predicted molar refractivity (Wildman–Crippen MR) is 121 cm³/mol. The molecule has 3 rings (SSSR count). The lowest BCUT2D eigenvalue weighted by Crippen LogP contribution is -2.44. The van der Waals surface area contributed by atoms with Crippen molar-refractivity contribution in [1.82, 2.24) is 19.8 Å². The first-order chi connectivity index (χ1) is 14.7. The van der Waals surface area contributed by atoms with Gasteiger partial charge in [0.2, 0.25) is 5.91 Å². The van der Waals surface area contributed by atoms with Crippen LogP contribution in [0.5, 0.6) is 0 Å². The first-order valence-corrected chi connectivity index (χ1v) is 11.1. The Hall–Kier alpha value is -2.54. The number of nitrogens with zero attached hydrogens (tertiary/aromatic N) is 4. The minimum absolute atomic E-state index is 0.0304. The Kier molecular flexibility index (Phi) is 7.59. The van der Waals surface area contributed by atoms with Crippen LogP contribution >= 0.6 is 0 Å². The molecule has 2 aromatic heterocycles. The number of rotatable bonds is 7. The number of fused-ring (bicyclic) bond motifs is 1. The van der Waals surface area contributed by atoms with Crippen molar-refractivity contribution in [2.24, 2.45) is 5.92 Å². The van der Waals surface area contributed by atoms with E-state index in [9.17, 15) is 9.59 Å². The maximum absolute atomic E-state index is 12.8. The zero-order valence-corrected chi connectivity index (χ0v) is 19.1. The Labute approximate surface area is 184 Å². The molecular weight excluding hydrogens is 392 g/mol. The lowest BCUT2D eigenvalue weighted by atomic mass is 9.95. The van der Waals surface area contributed by atoms with E-state index in [2.05, 4.69) is 14.9 Å². The monoisotopic (exact) mass is 426 g/mol. The number of hydrogen-bond donors (Lipinski definition) is 0. The quantitative estimate of drug-likeness (QED) is 0.634. The fourth-order valence-corrected chi connectivity index (χ4v) is 3.95. The highest BCUT2D eigenvalue weighted by molar-refractivity contribution is 5.79.